The van der Waals surface area contributed by atoms with Gasteiger partial charge in [-0.3, -0.25) is 0 Å². The van der Waals surface area contributed by atoms with E-state index in [1.54, 1.807) is 17.5 Å². The third kappa shape index (κ3) is 2.98. The predicted octanol–water partition coefficient (Wildman–Crippen LogP) is 4.13. The van der Waals surface area contributed by atoms with Gasteiger partial charge in [-0.15, -0.1) is 0 Å². The summed E-state index contributed by atoms with van der Waals surface area (Å²) in [6.07, 6.45) is 1.47. The molecular weight excluding hydrogens is 237 g/mol. The molecule has 0 amide bonds. The Labute approximate surface area is 97.6 Å². The summed E-state index contributed by atoms with van der Waals surface area (Å²) in [5, 5.41) is 2.83. The van der Waals surface area contributed by atoms with Crippen LogP contribution in [0.15, 0.2) is 36.4 Å². The van der Waals surface area contributed by atoms with Gasteiger partial charge in [0.2, 0.25) is 0 Å². The Balaban J connectivity index is 2.86. The number of hydrogen-bond donors (Lipinski definition) is 1. The molecule has 0 saturated heterocycles. The standard InChI is InChI=1S/C10H9Cl2NS/c1-7(14-5-4-13)8-2-3-9(11)10(12)6-8/h2-6H,1,13H2/b5-4-. The van der Waals surface area contributed by atoms with E-state index in [9.17, 15) is 0 Å². The first-order valence-electron chi connectivity index (χ1n) is 3.83. The first-order valence-corrected chi connectivity index (χ1v) is 5.46. The second kappa shape index (κ2) is 5.35. The molecule has 0 radical (unpaired) electrons. The lowest BCUT2D eigenvalue weighted by Crippen LogP contribution is -1.79. The van der Waals surface area contributed by atoms with E-state index in [4.69, 9.17) is 28.9 Å². The van der Waals surface area contributed by atoms with Crippen LogP contribution in [0.1, 0.15) is 5.56 Å². The average Bonchev–Trinajstić information content (AvgIpc) is 2.18. The molecule has 0 spiro atoms. The van der Waals surface area contributed by atoms with Crippen molar-refractivity contribution in [1.29, 1.82) is 0 Å². The van der Waals surface area contributed by atoms with E-state index >= 15 is 0 Å². The van der Waals surface area contributed by atoms with Crippen molar-refractivity contribution in [2.24, 2.45) is 5.73 Å². The highest BCUT2D eigenvalue weighted by Crippen LogP contribution is 2.30. The number of hydrogen-bond acceptors (Lipinski definition) is 2. The van der Waals surface area contributed by atoms with Gasteiger partial charge in [-0.05, 0) is 23.1 Å². The zero-order chi connectivity index (χ0) is 10.6. The Morgan fingerprint density at radius 1 is 1.36 bits per heavy atom. The van der Waals surface area contributed by atoms with Gasteiger partial charge in [-0.25, -0.2) is 0 Å². The van der Waals surface area contributed by atoms with Crippen molar-refractivity contribution in [1.82, 2.24) is 0 Å². The molecular formula is C10H9Cl2NS. The fourth-order valence-electron chi connectivity index (χ4n) is 0.859. The van der Waals surface area contributed by atoms with E-state index in [0.29, 0.717) is 10.0 Å². The minimum absolute atomic E-state index is 0.530. The van der Waals surface area contributed by atoms with Gasteiger partial charge in [0.1, 0.15) is 0 Å². The quantitative estimate of drug-likeness (QED) is 0.867. The first-order chi connectivity index (χ1) is 6.65. The zero-order valence-corrected chi connectivity index (χ0v) is 9.66. The molecule has 4 heteroatoms. The summed E-state index contributed by atoms with van der Waals surface area (Å²) in [5.41, 5.74) is 6.17. The van der Waals surface area contributed by atoms with Gasteiger partial charge in [-0.2, -0.15) is 0 Å². The van der Waals surface area contributed by atoms with Crippen LogP contribution in [0, 0.1) is 0 Å². The van der Waals surface area contributed by atoms with Gasteiger partial charge in [0.05, 0.1) is 10.0 Å². The lowest BCUT2D eigenvalue weighted by atomic mass is 10.2. The van der Waals surface area contributed by atoms with Crippen molar-refractivity contribution in [2.75, 3.05) is 0 Å². The summed E-state index contributed by atoms with van der Waals surface area (Å²) < 4.78 is 0. The largest absolute Gasteiger partial charge is 0.404 e. The van der Waals surface area contributed by atoms with Crippen molar-refractivity contribution in [2.45, 2.75) is 0 Å². The van der Waals surface area contributed by atoms with Crippen molar-refractivity contribution in [3.8, 4) is 0 Å². The summed E-state index contributed by atoms with van der Waals surface area (Å²) in [4.78, 5) is 0.880. The number of nitrogens with two attached hydrogens (primary N) is 1. The first kappa shape index (κ1) is 11.5. The van der Waals surface area contributed by atoms with Gasteiger partial charge >= 0.3 is 0 Å². The topological polar surface area (TPSA) is 26.0 Å². The van der Waals surface area contributed by atoms with E-state index in [2.05, 4.69) is 6.58 Å². The Morgan fingerprint density at radius 3 is 2.64 bits per heavy atom. The summed E-state index contributed by atoms with van der Waals surface area (Å²) in [6, 6.07) is 5.40. The van der Waals surface area contributed by atoms with Crippen molar-refractivity contribution >= 4 is 39.9 Å². The average molecular weight is 246 g/mol. The Kier molecular flexibility index (Phi) is 4.39. The second-order valence-corrected chi connectivity index (χ2v) is 4.31. The molecule has 0 saturated carbocycles. The highest BCUT2D eigenvalue weighted by Gasteiger charge is 2.01. The SMILES string of the molecule is C=C(S/C=C\N)c1ccc(Cl)c(Cl)c1. The molecule has 0 unspecified atom stereocenters. The third-order valence-corrected chi connectivity index (χ3v) is 3.08. The van der Waals surface area contributed by atoms with E-state index in [1.807, 2.05) is 6.07 Å². The fraction of sp³-hybridized carbons (Fsp3) is 0. The van der Waals surface area contributed by atoms with Crippen LogP contribution in [0.4, 0.5) is 0 Å². The maximum Gasteiger partial charge on any atom is 0.0598 e. The van der Waals surface area contributed by atoms with Crippen molar-refractivity contribution in [3.63, 3.8) is 0 Å². The van der Waals surface area contributed by atoms with Crippen LogP contribution < -0.4 is 5.73 Å². The molecule has 1 aromatic carbocycles. The van der Waals surface area contributed by atoms with E-state index in [1.165, 1.54) is 18.0 Å². The van der Waals surface area contributed by atoms with Crippen LogP contribution in [0.2, 0.25) is 10.0 Å². The monoisotopic (exact) mass is 245 g/mol. The highest BCUT2D eigenvalue weighted by molar-refractivity contribution is 8.10. The highest BCUT2D eigenvalue weighted by atomic mass is 35.5. The number of thioether (sulfide) groups is 1. The lowest BCUT2D eigenvalue weighted by Gasteiger charge is -2.03. The van der Waals surface area contributed by atoms with Crippen LogP contribution in [-0.4, -0.2) is 0 Å². The molecule has 14 heavy (non-hydrogen) atoms. The molecule has 0 bridgehead atoms. The zero-order valence-electron chi connectivity index (χ0n) is 7.34. The van der Waals surface area contributed by atoms with Crippen LogP contribution in [0.25, 0.3) is 4.91 Å². The third-order valence-electron chi connectivity index (χ3n) is 1.53. The van der Waals surface area contributed by atoms with Crippen molar-refractivity contribution in [3.05, 3.63) is 52.0 Å². The van der Waals surface area contributed by atoms with Crippen LogP contribution in [-0.2, 0) is 0 Å². The van der Waals surface area contributed by atoms with Crippen LogP contribution >= 0.6 is 35.0 Å². The summed E-state index contributed by atoms with van der Waals surface area (Å²) in [6.45, 7) is 3.89. The van der Waals surface area contributed by atoms with Crippen molar-refractivity contribution < 1.29 is 0 Å². The predicted molar refractivity (Wildman–Crippen MR) is 66.4 cm³/mol. The minimum atomic E-state index is 0.530. The normalized spacial score (nSPS) is 10.7. The number of halogens is 2. The van der Waals surface area contributed by atoms with Crippen LogP contribution in [0.5, 0.6) is 0 Å². The molecule has 0 aliphatic carbocycles. The van der Waals surface area contributed by atoms with Gasteiger partial charge in [0.15, 0.2) is 0 Å². The van der Waals surface area contributed by atoms with Gasteiger partial charge in [-0.1, -0.05) is 47.6 Å². The molecule has 1 aromatic rings. The summed E-state index contributed by atoms with van der Waals surface area (Å²) in [7, 11) is 0. The maximum absolute atomic E-state index is 5.87. The second-order valence-electron chi connectivity index (χ2n) is 2.50. The lowest BCUT2D eigenvalue weighted by molar-refractivity contribution is 1.63. The van der Waals surface area contributed by atoms with Gasteiger partial charge < -0.3 is 5.73 Å². The summed E-state index contributed by atoms with van der Waals surface area (Å²) in [5.74, 6) is 0. The van der Waals surface area contributed by atoms with E-state index in [-0.39, 0.29) is 0 Å². The Hall–Kier alpha value is -0.570. The molecule has 0 fully saturated rings. The molecule has 0 aromatic heterocycles. The summed E-state index contributed by atoms with van der Waals surface area (Å²) >= 11 is 13.1. The Bertz CT molecular complexity index is 374. The maximum atomic E-state index is 5.87. The molecule has 0 heterocycles. The smallest absolute Gasteiger partial charge is 0.0598 e. The number of benzene rings is 1. The molecule has 74 valence electrons. The van der Waals surface area contributed by atoms with Crippen LogP contribution in [0.3, 0.4) is 0 Å². The molecule has 0 aliphatic heterocycles. The fourth-order valence-corrected chi connectivity index (χ4v) is 1.66. The molecule has 1 rings (SSSR count). The van der Waals surface area contributed by atoms with E-state index in [0.717, 1.165) is 10.5 Å². The molecule has 1 nitrogen and oxygen atoms in total. The molecule has 0 aliphatic rings. The molecule has 0 atom stereocenters. The molecule has 2 N–H and O–H groups in total. The van der Waals surface area contributed by atoms with Gasteiger partial charge in [0.25, 0.3) is 0 Å². The van der Waals surface area contributed by atoms with Gasteiger partial charge in [0, 0.05) is 11.1 Å². The number of rotatable bonds is 3. The minimum Gasteiger partial charge on any atom is -0.404 e. The Morgan fingerprint density at radius 2 is 2.07 bits per heavy atom. The van der Waals surface area contributed by atoms with E-state index < -0.39 is 0 Å².